The van der Waals surface area contributed by atoms with Crippen molar-refractivity contribution in [3.05, 3.63) is 71.8 Å². The third-order valence-corrected chi connectivity index (χ3v) is 7.18. The summed E-state index contributed by atoms with van der Waals surface area (Å²) >= 11 is 0. The zero-order valence-electron chi connectivity index (χ0n) is 28.2. The Labute approximate surface area is 272 Å². The molecule has 2 aromatic rings. The molecule has 4 atom stereocenters. The number of hydrogen-bond donors (Lipinski definition) is 4. The maximum atomic E-state index is 13.7. The number of hydrogen-bond acceptors (Lipinski definition) is 7. The molecular weight excluding hydrogens is 588 g/mol. The Morgan fingerprint density at radius 3 is 1.65 bits per heavy atom. The van der Waals surface area contributed by atoms with E-state index < -0.39 is 59.6 Å². The van der Waals surface area contributed by atoms with Crippen LogP contribution in [0.2, 0.25) is 0 Å². The highest BCUT2D eigenvalue weighted by atomic mass is 16.6. The second-order valence-corrected chi connectivity index (χ2v) is 13.0. The molecule has 2 rings (SSSR count). The van der Waals surface area contributed by atoms with E-state index >= 15 is 0 Å². The summed E-state index contributed by atoms with van der Waals surface area (Å²) in [5.74, 6) is -2.64. The van der Waals surface area contributed by atoms with E-state index in [4.69, 9.17) is 9.47 Å². The van der Waals surface area contributed by atoms with Crippen molar-refractivity contribution >= 4 is 29.8 Å². The van der Waals surface area contributed by atoms with Gasteiger partial charge in [-0.25, -0.2) is 9.59 Å². The summed E-state index contributed by atoms with van der Waals surface area (Å²) in [6, 6.07) is 14.8. The second-order valence-electron chi connectivity index (χ2n) is 13.0. The molecule has 252 valence electrons. The maximum absolute atomic E-state index is 13.7. The van der Waals surface area contributed by atoms with Gasteiger partial charge < -0.3 is 30.7 Å². The molecule has 0 radical (unpaired) electrons. The summed E-state index contributed by atoms with van der Waals surface area (Å²) in [5.41, 5.74) is 0.925. The van der Waals surface area contributed by atoms with Gasteiger partial charge in [0.2, 0.25) is 17.7 Å². The van der Waals surface area contributed by atoms with Crippen LogP contribution in [0.1, 0.15) is 66.0 Å². The Kier molecular flexibility index (Phi) is 14.7. The van der Waals surface area contributed by atoms with Crippen molar-refractivity contribution in [2.75, 3.05) is 7.11 Å². The third-order valence-electron chi connectivity index (χ3n) is 7.18. The van der Waals surface area contributed by atoms with E-state index in [9.17, 15) is 24.0 Å². The molecule has 0 saturated carbocycles. The molecule has 4 amide bonds. The summed E-state index contributed by atoms with van der Waals surface area (Å²) < 4.78 is 10.3. The first-order valence-electron chi connectivity index (χ1n) is 15.6. The van der Waals surface area contributed by atoms with Crippen molar-refractivity contribution in [3.63, 3.8) is 0 Å². The number of esters is 1. The van der Waals surface area contributed by atoms with Gasteiger partial charge in [0, 0.05) is 25.3 Å². The van der Waals surface area contributed by atoms with Crippen LogP contribution in [0, 0.1) is 11.8 Å². The van der Waals surface area contributed by atoms with Gasteiger partial charge in [-0.3, -0.25) is 14.4 Å². The average Bonchev–Trinajstić information content (AvgIpc) is 2.98. The summed E-state index contributed by atoms with van der Waals surface area (Å²) in [6.45, 7) is 12.5. The molecular formula is C35H50N4O7. The van der Waals surface area contributed by atoms with Crippen LogP contribution < -0.4 is 21.3 Å². The van der Waals surface area contributed by atoms with Gasteiger partial charge in [0.15, 0.2) is 0 Å². The number of alkyl carbamates (subject to hydrolysis) is 1. The highest BCUT2D eigenvalue weighted by Crippen LogP contribution is 2.13. The minimum Gasteiger partial charge on any atom is -0.467 e. The van der Waals surface area contributed by atoms with Crippen molar-refractivity contribution in [1.82, 2.24) is 21.3 Å². The fourth-order valence-corrected chi connectivity index (χ4v) is 4.66. The lowest BCUT2D eigenvalue weighted by atomic mass is 9.98. The molecule has 11 nitrogen and oxygen atoms in total. The molecule has 0 aliphatic rings. The van der Waals surface area contributed by atoms with Gasteiger partial charge in [-0.05, 0) is 43.7 Å². The Bertz CT molecular complexity index is 1290. The van der Waals surface area contributed by atoms with Crippen LogP contribution in [0.15, 0.2) is 60.7 Å². The van der Waals surface area contributed by atoms with Crippen molar-refractivity contribution < 1.29 is 33.4 Å². The van der Waals surface area contributed by atoms with Crippen molar-refractivity contribution in [2.24, 2.45) is 11.8 Å². The van der Waals surface area contributed by atoms with Crippen LogP contribution in [0.25, 0.3) is 0 Å². The van der Waals surface area contributed by atoms with E-state index in [0.717, 1.165) is 11.1 Å². The number of methoxy groups -OCH3 is 1. The molecule has 11 heteroatoms. The first-order chi connectivity index (χ1) is 21.6. The third kappa shape index (κ3) is 13.3. The maximum Gasteiger partial charge on any atom is 0.407 e. The topological polar surface area (TPSA) is 152 Å². The fourth-order valence-electron chi connectivity index (χ4n) is 4.66. The Morgan fingerprint density at radius 2 is 1.20 bits per heavy atom. The minimum atomic E-state index is -1.03. The monoisotopic (exact) mass is 638 g/mol. The lowest BCUT2D eigenvalue weighted by molar-refractivity contribution is -0.145. The Balaban J connectivity index is 2.22. The van der Waals surface area contributed by atoms with Crippen LogP contribution >= 0.6 is 0 Å². The molecule has 2 aromatic carbocycles. The smallest absolute Gasteiger partial charge is 0.407 e. The first-order valence-corrected chi connectivity index (χ1v) is 15.6. The summed E-state index contributed by atoms with van der Waals surface area (Å²) in [6.07, 6.45) is -0.362. The molecule has 0 aromatic heterocycles. The summed E-state index contributed by atoms with van der Waals surface area (Å²) in [4.78, 5) is 65.5. The van der Waals surface area contributed by atoms with Crippen LogP contribution in [-0.4, -0.2) is 66.7 Å². The second kappa shape index (κ2) is 17.9. The SMILES string of the molecule is COC(=O)[C@@H](Cc1ccccc1)NC(=O)[C@@H](NC(=O)[C@@H](Cc1ccccc1)NC(=O)C[C@@H](NC(=O)OC(C)(C)C)C(C)C)C(C)C. The molecule has 0 aliphatic heterocycles. The minimum absolute atomic E-state index is 0.0934. The van der Waals surface area contributed by atoms with E-state index in [2.05, 4.69) is 21.3 Å². The Morgan fingerprint density at radius 1 is 0.674 bits per heavy atom. The largest absolute Gasteiger partial charge is 0.467 e. The fraction of sp³-hybridized carbons (Fsp3) is 0.514. The van der Waals surface area contributed by atoms with Crippen LogP contribution in [0.5, 0.6) is 0 Å². The number of ether oxygens (including phenoxy) is 2. The van der Waals surface area contributed by atoms with Crippen LogP contribution in [-0.2, 0) is 41.5 Å². The van der Waals surface area contributed by atoms with E-state index in [-0.39, 0.29) is 31.1 Å². The zero-order chi connectivity index (χ0) is 34.4. The molecule has 0 unspecified atom stereocenters. The van der Waals surface area contributed by atoms with E-state index in [1.807, 2.05) is 74.5 Å². The van der Waals surface area contributed by atoms with E-state index in [1.165, 1.54) is 7.11 Å². The number of nitrogens with one attached hydrogen (secondary N) is 4. The standard InChI is InChI=1S/C35H50N4O7/c1-22(2)26(38-34(44)46-35(5,6)7)21-29(40)36-27(19-24-15-11-9-12-16-24)31(41)39-30(23(3)4)32(42)37-28(33(43)45-8)20-25-17-13-10-14-18-25/h9-18,22-23,26-28,30H,19-21H2,1-8H3,(H,36,40)(H,37,42)(H,38,44)(H,39,41)/t26-,27-,28-,30+/m1/s1. The molecule has 0 fully saturated rings. The molecule has 0 heterocycles. The zero-order valence-corrected chi connectivity index (χ0v) is 28.2. The number of amides is 4. The molecule has 0 spiro atoms. The number of carbonyl (C=O) groups is 5. The lowest BCUT2D eigenvalue weighted by Gasteiger charge is -2.28. The number of benzene rings is 2. The molecule has 0 aliphatic carbocycles. The van der Waals surface area contributed by atoms with Gasteiger partial charge in [-0.2, -0.15) is 0 Å². The summed E-state index contributed by atoms with van der Waals surface area (Å²) in [5, 5.41) is 11.1. The summed E-state index contributed by atoms with van der Waals surface area (Å²) in [7, 11) is 1.25. The lowest BCUT2D eigenvalue weighted by Crippen LogP contribution is -2.58. The highest BCUT2D eigenvalue weighted by molar-refractivity contribution is 5.94. The number of carbonyl (C=O) groups excluding carboxylic acids is 5. The Hall–Kier alpha value is -4.41. The predicted molar refractivity (Wildman–Crippen MR) is 176 cm³/mol. The van der Waals surface area contributed by atoms with Crippen molar-refractivity contribution in [1.29, 1.82) is 0 Å². The van der Waals surface area contributed by atoms with Crippen molar-refractivity contribution in [3.8, 4) is 0 Å². The predicted octanol–water partition coefficient (Wildman–Crippen LogP) is 3.69. The van der Waals surface area contributed by atoms with Gasteiger partial charge in [-0.1, -0.05) is 88.4 Å². The van der Waals surface area contributed by atoms with Crippen molar-refractivity contribution in [2.45, 2.75) is 97.5 Å². The van der Waals surface area contributed by atoms with Crippen LogP contribution in [0.3, 0.4) is 0 Å². The average molecular weight is 639 g/mol. The van der Waals surface area contributed by atoms with Gasteiger partial charge in [0.25, 0.3) is 0 Å². The quantitative estimate of drug-likeness (QED) is 0.217. The first kappa shape index (κ1) is 37.8. The van der Waals surface area contributed by atoms with E-state index in [0.29, 0.717) is 0 Å². The molecule has 4 N–H and O–H groups in total. The number of rotatable bonds is 15. The van der Waals surface area contributed by atoms with Gasteiger partial charge in [0.1, 0.15) is 23.7 Å². The molecule has 0 bridgehead atoms. The van der Waals surface area contributed by atoms with E-state index in [1.54, 1.807) is 34.6 Å². The highest BCUT2D eigenvalue weighted by Gasteiger charge is 2.32. The normalized spacial score (nSPS) is 14.0. The van der Waals surface area contributed by atoms with Crippen LogP contribution in [0.4, 0.5) is 4.79 Å². The van der Waals surface area contributed by atoms with Gasteiger partial charge in [0.05, 0.1) is 7.11 Å². The molecule has 0 saturated heterocycles. The molecule has 46 heavy (non-hydrogen) atoms. The van der Waals surface area contributed by atoms with Gasteiger partial charge in [-0.15, -0.1) is 0 Å². The van der Waals surface area contributed by atoms with Gasteiger partial charge >= 0.3 is 12.1 Å².